The minimum Gasteiger partial charge on any atom is -0.477 e. The molecule has 0 spiro atoms. The molecule has 0 bridgehead atoms. The third-order valence-corrected chi connectivity index (χ3v) is 5.69. The van der Waals surface area contributed by atoms with Gasteiger partial charge in [-0.3, -0.25) is 9.59 Å². The predicted octanol–water partition coefficient (Wildman–Crippen LogP) is 3.01. The molecule has 0 saturated heterocycles. The standard InChI is InChI=1S/C20H24ClN5O3/c1-12(27)24-14-5-2-4-13(8-14)19(28)25-18-9-15(17(21)11-22-18)16-10-23-26-6-3-7-29-20(16)26/h9-11,13-14H,2-8H2,1H3,(H,24,27)(H,22,25,28). The first-order chi connectivity index (χ1) is 14.0. The van der Waals surface area contributed by atoms with Gasteiger partial charge in [-0.25, -0.2) is 9.67 Å². The highest BCUT2D eigenvalue weighted by molar-refractivity contribution is 6.33. The molecule has 2 aromatic rings. The minimum absolute atomic E-state index is 0.0434. The summed E-state index contributed by atoms with van der Waals surface area (Å²) in [6, 6.07) is 1.80. The van der Waals surface area contributed by atoms with E-state index in [0.29, 0.717) is 29.7 Å². The van der Waals surface area contributed by atoms with Crippen molar-refractivity contribution in [2.75, 3.05) is 11.9 Å². The number of amides is 2. The number of hydrogen-bond acceptors (Lipinski definition) is 5. The average molecular weight is 418 g/mol. The second-order valence-electron chi connectivity index (χ2n) is 7.59. The molecular weight excluding hydrogens is 394 g/mol. The molecule has 154 valence electrons. The Bertz CT molecular complexity index is 929. The van der Waals surface area contributed by atoms with E-state index in [4.69, 9.17) is 16.3 Å². The summed E-state index contributed by atoms with van der Waals surface area (Å²) in [5.41, 5.74) is 1.51. The van der Waals surface area contributed by atoms with Crippen LogP contribution >= 0.6 is 11.6 Å². The monoisotopic (exact) mass is 417 g/mol. The summed E-state index contributed by atoms with van der Waals surface area (Å²) in [5.74, 6) is 0.813. The number of hydrogen-bond donors (Lipinski definition) is 2. The Hall–Kier alpha value is -2.61. The van der Waals surface area contributed by atoms with Gasteiger partial charge in [-0.15, -0.1) is 0 Å². The molecule has 2 amide bonds. The van der Waals surface area contributed by atoms with Gasteiger partial charge < -0.3 is 15.4 Å². The van der Waals surface area contributed by atoms with Crippen molar-refractivity contribution in [3.8, 4) is 17.0 Å². The number of nitrogens with one attached hydrogen (secondary N) is 2. The van der Waals surface area contributed by atoms with Gasteiger partial charge in [0.1, 0.15) is 5.82 Å². The fourth-order valence-electron chi connectivity index (χ4n) is 4.04. The van der Waals surface area contributed by atoms with Crippen molar-refractivity contribution in [2.45, 2.75) is 51.6 Å². The number of carbonyl (C=O) groups excluding carboxylic acids is 2. The Balaban J connectivity index is 1.50. The van der Waals surface area contributed by atoms with Crippen LogP contribution in [0.2, 0.25) is 5.02 Å². The molecule has 1 saturated carbocycles. The molecule has 9 heteroatoms. The van der Waals surface area contributed by atoms with E-state index in [2.05, 4.69) is 20.7 Å². The fourth-order valence-corrected chi connectivity index (χ4v) is 4.25. The lowest BCUT2D eigenvalue weighted by Crippen LogP contribution is -2.40. The van der Waals surface area contributed by atoms with E-state index in [1.165, 1.54) is 13.1 Å². The molecule has 29 heavy (non-hydrogen) atoms. The summed E-state index contributed by atoms with van der Waals surface area (Å²) in [7, 11) is 0. The van der Waals surface area contributed by atoms with Crippen LogP contribution in [-0.4, -0.2) is 39.2 Å². The Morgan fingerprint density at radius 2 is 2.10 bits per heavy atom. The third kappa shape index (κ3) is 4.37. The van der Waals surface area contributed by atoms with Crippen molar-refractivity contribution in [3.63, 3.8) is 0 Å². The summed E-state index contributed by atoms with van der Waals surface area (Å²) in [4.78, 5) is 28.4. The maximum absolute atomic E-state index is 12.8. The van der Waals surface area contributed by atoms with E-state index in [9.17, 15) is 9.59 Å². The molecule has 1 aliphatic carbocycles. The van der Waals surface area contributed by atoms with Crippen LogP contribution in [0.3, 0.4) is 0 Å². The Morgan fingerprint density at radius 3 is 2.93 bits per heavy atom. The number of pyridine rings is 1. The third-order valence-electron chi connectivity index (χ3n) is 5.39. The lowest BCUT2D eigenvalue weighted by Gasteiger charge is -2.28. The number of fused-ring (bicyclic) bond motifs is 1. The highest BCUT2D eigenvalue weighted by Gasteiger charge is 2.28. The van der Waals surface area contributed by atoms with Crippen LogP contribution in [0.15, 0.2) is 18.5 Å². The topological polar surface area (TPSA) is 98.1 Å². The molecule has 2 N–H and O–H groups in total. The van der Waals surface area contributed by atoms with E-state index in [1.54, 1.807) is 12.3 Å². The Kier molecular flexibility index (Phi) is 5.71. The van der Waals surface area contributed by atoms with Gasteiger partial charge >= 0.3 is 0 Å². The normalized spacial score (nSPS) is 21.0. The van der Waals surface area contributed by atoms with Crippen LogP contribution in [-0.2, 0) is 16.1 Å². The van der Waals surface area contributed by atoms with Crippen molar-refractivity contribution in [1.29, 1.82) is 0 Å². The van der Waals surface area contributed by atoms with Gasteiger partial charge in [0.05, 0.1) is 23.4 Å². The number of ether oxygens (including phenoxy) is 1. The van der Waals surface area contributed by atoms with Crippen molar-refractivity contribution >= 4 is 29.2 Å². The molecule has 2 aromatic heterocycles. The van der Waals surface area contributed by atoms with Gasteiger partial charge in [-0.05, 0) is 25.3 Å². The first-order valence-electron chi connectivity index (χ1n) is 9.93. The molecule has 2 aliphatic rings. The molecule has 3 heterocycles. The van der Waals surface area contributed by atoms with Crippen LogP contribution in [0.25, 0.3) is 11.1 Å². The van der Waals surface area contributed by atoms with Crippen LogP contribution in [0, 0.1) is 5.92 Å². The highest BCUT2D eigenvalue weighted by Crippen LogP contribution is 2.37. The van der Waals surface area contributed by atoms with Crippen LogP contribution in [0.4, 0.5) is 5.82 Å². The summed E-state index contributed by atoms with van der Waals surface area (Å²) in [5, 5.41) is 10.7. The van der Waals surface area contributed by atoms with Crippen molar-refractivity contribution in [2.24, 2.45) is 5.92 Å². The predicted molar refractivity (Wildman–Crippen MR) is 109 cm³/mol. The molecule has 8 nitrogen and oxygen atoms in total. The first-order valence-corrected chi connectivity index (χ1v) is 10.3. The molecular formula is C20H24ClN5O3. The number of aryl methyl sites for hydroxylation is 1. The van der Waals surface area contributed by atoms with Gasteiger partial charge in [-0.2, -0.15) is 5.10 Å². The van der Waals surface area contributed by atoms with Gasteiger partial charge in [0.15, 0.2) is 0 Å². The molecule has 4 rings (SSSR count). The van der Waals surface area contributed by atoms with Gasteiger partial charge in [0.25, 0.3) is 0 Å². The van der Waals surface area contributed by atoms with E-state index >= 15 is 0 Å². The van der Waals surface area contributed by atoms with E-state index in [1.807, 2.05) is 4.68 Å². The zero-order valence-corrected chi connectivity index (χ0v) is 17.0. The largest absolute Gasteiger partial charge is 0.477 e. The molecule has 1 fully saturated rings. The smallest absolute Gasteiger partial charge is 0.228 e. The molecule has 2 atom stereocenters. The van der Waals surface area contributed by atoms with Crippen LogP contribution < -0.4 is 15.4 Å². The zero-order chi connectivity index (χ0) is 20.4. The Labute approximate surface area is 174 Å². The van der Waals surface area contributed by atoms with Crippen molar-refractivity contribution in [1.82, 2.24) is 20.1 Å². The Morgan fingerprint density at radius 1 is 1.24 bits per heavy atom. The molecule has 2 unspecified atom stereocenters. The number of nitrogens with zero attached hydrogens (tertiary/aromatic N) is 3. The zero-order valence-electron chi connectivity index (χ0n) is 16.3. The number of carbonyl (C=O) groups is 2. The highest BCUT2D eigenvalue weighted by atomic mass is 35.5. The van der Waals surface area contributed by atoms with E-state index < -0.39 is 0 Å². The minimum atomic E-state index is -0.159. The van der Waals surface area contributed by atoms with Crippen LogP contribution in [0.1, 0.15) is 39.0 Å². The van der Waals surface area contributed by atoms with Gasteiger partial charge in [0, 0.05) is 43.6 Å². The second kappa shape index (κ2) is 8.41. The number of halogens is 1. The summed E-state index contributed by atoms with van der Waals surface area (Å²) in [6.07, 6.45) is 7.42. The maximum atomic E-state index is 12.8. The quantitative estimate of drug-likeness (QED) is 0.796. The van der Waals surface area contributed by atoms with Crippen LogP contribution in [0.5, 0.6) is 5.88 Å². The molecule has 1 aliphatic heterocycles. The van der Waals surface area contributed by atoms with Crippen molar-refractivity contribution < 1.29 is 14.3 Å². The fraction of sp³-hybridized carbons (Fsp3) is 0.500. The van der Waals surface area contributed by atoms with Gasteiger partial charge in [0.2, 0.25) is 17.7 Å². The maximum Gasteiger partial charge on any atom is 0.228 e. The molecule has 0 radical (unpaired) electrons. The first kappa shape index (κ1) is 19.7. The second-order valence-corrected chi connectivity index (χ2v) is 8.00. The summed E-state index contributed by atoms with van der Waals surface area (Å²) < 4.78 is 7.58. The van der Waals surface area contributed by atoms with Crippen molar-refractivity contribution in [3.05, 3.63) is 23.5 Å². The van der Waals surface area contributed by atoms with E-state index in [0.717, 1.165) is 43.4 Å². The number of rotatable bonds is 4. The average Bonchev–Trinajstić information content (AvgIpc) is 3.13. The van der Waals surface area contributed by atoms with Gasteiger partial charge in [-0.1, -0.05) is 18.0 Å². The lowest BCUT2D eigenvalue weighted by molar-refractivity contribution is -0.123. The van der Waals surface area contributed by atoms with E-state index in [-0.39, 0.29) is 23.8 Å². The number of aromatic nitrogens is 3. The molecule has 0 aromatic carbocycles. The number of anilines is 1. The SMILES string of the molecule is CC(=O)NC1CCCC(C(=O)Nc2cc(-c3cnn4c3OCCC4)c(Cl)cn2)C1. The summed E-state index contributed by atoms with van der Waals surface area (Å²) >= 11 is 6.37. The summed E-state index contributed by atoms with van der Waals surface area (Å²) in [6.45, 7) is 2.95. The lowest BCUT2D eigenvalue weighted by atomic mass is 9.85.